The van der Waals surface area contributed by atoms with E-state index in [2.05, 4.69) is 10.3 Å². The summed E-state index contributed by atoms with van der Waals surface area (Å²) in [5.74, 6) is 1.43. The fourth-order valence-electron chi connectivity index (χ4n) is 3.23. The molecule has 2 heterocycles. The first-order valence-electron chi connectivity index (χ1n) is 10.00. The minimum Gasteiger partial charge on any atom is -0.492 e. The van der Waals surface area contributed by atoms with Crippen LogP contribution in [0.25, 0.3) is 11.1 Å². The average Bonchev–Trinajstić information content (AvgIpc) is 2.59. The van der Waals surface area contributed by atoms with Gasteiger partial charge in [0, 0.05) is 35.9 Å². The summed E-state index contributed by atoms with van der Waals surface area (Å²) in [7, 11) is 0. The number of pyridine rings is 1. The maximum atomic E-state index is 11.3. The number of anilines is 1. The van der Waals surface area contributed by atoms with Crippen LogP contribution in [0.2, 0.25) is 0 Å². The van der Waals surface area contributed by atoms with Crippen molar-refractivity contribution in [3.63, 3.8) is 0 Å². The van der Waals surface area contributed by atoms with Crippen molar-refractivity contribution < 1.29 is 17.0 Å². The first-order valence-corrected chi connectivity index (χ1v) is 9.00. The number of amides is 1. The van der Waals surface area contributed by atoms with Crippen LogP contribution in [0.3, 0.4) is 0 Å². The van der Waals surface area contributed by atoms with E-state index in [1.807, 2.05) is 19.9 Å². The number of nitrogens with one attached hydrogen (secondary N) is 1. The summed E-state index contributed by atoms with van der Waals surface area (Å²) >= 11 is 0. The molecule has 1 unspecified atom stereocenters. The van der Waals surface area contributed by atoms with Crippen molar-refractivity contribution in [3.8, 4) is 22.6 Å². The highest BCUT2D eigenvalue weighted by molar-refractivity contribution is 5.89. The van der Waals surface area contributed by atoms with E-state index in [1.165, 1.54) is 6.92 Å². The molecule has 1 aromatic heterocycles. The van der Waals surface area contributed by atoms with Crippen molar-refractivity contribution in [1.29, 1.82) is 0 Å². The number of benzene rings is 1. The van der Waals surface area contributed by atoms with Crippen LogP contribution in [0.15, 0.2) is 30.5 Å². The SMILES string of the molecule is [2H]C([2H])(Oc1ccc2c(c1)OCc1cnc(NC(C)=O)cc1-2)C(C)(N)CC(C)C. The van der Waals surface area contributed by atoms with Crippen LogP contribution >= 0.6 is 0 Å². The van der Waals surface area contributed by atoms with Crippen LogP contribution in [0.4, 0.5) is 5.82 Å². The van der Waals surface area contributed by atoms with Gasteiger partial charge in [-0.1, -0.05) is 13.8 Å². The molecule has 0 radical (unpaired) electrons. The molecule has 144 valence electrons. The van der Waals surface area contributed by atoms with E-state index >= 15 is 0 Å². The largest absolute Gasteiger partial charge is 0.492 e. The van der Waals surface area contributed by atoms with Crippen LogP contribution in [0.5, 0.6) is 11.5 Å². The van der Waals surface area contributed by atoms with Crippen molar-refractivity contribution in [3.05, 3.63) is 36.0 Å². The monoisotopic (exact) mass is 371 g/mol. The Morgan fingerprint density at radius 1 is 1.44 bits per heavy atom. The van der Waals surface area contributed by atoms with Crippen LogP contribution in [-0.2, 0) is 11.4 Å². The van der Waals surface area contributed by atoms with Gasteiger partial charge in [0.15, 0.2) is 0 Å². The smallest absolute Gasteiger partial charge is 0.222 e. The fraction of sp³-hybridized carbons (Fsp3) is 0.429. The lowest BCUT2D eigenvalue weighted by atomic mass is 9.93. The molecule has 0 bridgehead atoms. The first kappa shape index (κ1) is 16.6. The molecular weight excluding hydrogens is 342 g/mol. The third-order valence-electron chi connectivity index (χ3n) is 4.15. The predicted molar refractivity (Wildman–Crippen MR) is 106 cm³/mol. The Balaban J connectivity index is 1.88. The maximum Gasteiger partial charge on any atom is 0.222 e. The molecule has 0 fully saturated rings. The zero-order chi connectivity index (χ0) is 21.4. The van der Waals surface area contributed by atoms with Gasteiger partial charge in [-0.25, -0.2) is 4.98 Å². The van der Waals surface area contributed by atoms with Gasteiger partial charge in [-0.05, 0) is 43.0 Å². The lowest BCUT2D eigenvalue weighted by Gasteiger charge is -2.27. The molecule has 0 saturated heterocycles. The Bertz CT molecular complexity index is 929. The highest BCUT2D eigenvalue weighted by Crippen LogP contribution is 2.40. The number of fused-ring (bicyclic) bond motifs is 3. The van der Waals surface area contributed by atoms with E-state index in [4.69, 9.17) is 17.9 Å². The van der Waals surface area contributed by atoms with Gasteiger partial charge in [0.1, 0.15) is 30.5 Å². The van der Waals surface area contributed by atoms with Crippen molar-refractivity contribution in [1.82, 2.24) is 4.98 Å². The van der Waals surface area contributed by atoms with Crippen LogP contribution in [0.1, 0.15) is 42.4 Å². The number of rotatable bonds is 6. The first-order chi connectivity index (χ1) is 13.5. The van der Waals surface area contributed by atoms with Gasteiger partial charge < -0.3 is 20.5 Å². The number of hydrogen-bond donors (Lipinski definition) is 2. The summed E-state index contributed by atoms with van der Waals surface area (Å²) < 4.78 is 28.2. The second-order valence-corrected chi connectivity index (χ2v) is 7.57. The van der Waals surface area contributed by atoms with Gasteiger partial charge in [-0.2, -0.15) is 0 Å². The molecule has 3 N–H and O–H groups in total. The molecule has 1 aliphatic heterocycles. The van der Waals surface area contributed by atoms with Crippen LogP contribution < -0.4 is 20.5 Å². The topological polar surface area (TPSA) is 86.5 Å². The summed E-state index contributed by atoms with van der Waals surface area (Å²) in [4.78, 5) is 15.5. The van der Waals surface area contributed by atoms with Gasteiger partial charge in [-0.3, -0.25) is 4.79 Å². The summed E-state index contributed by atoms with van der Waals surface area (Å²) in [6.07, 6.45) is 2.16. The molecule has 6 nitrogen and oxygen atoms in total. The Kier molecular flexibility index (Phi) is 4.64. The number of carbonyl (C=O) groups is 1. The maximum absolute atomic E-state index is 11.3. The minimum absolute atomic E-state index is 0.193. The summed E-state index contributed by atoms with van der Waals surface area (Å²) in [6, 6.07) is 6.98. The Hall–Kier alpha value is -2.60. The third kappa shape index (κ3) is 4.77. The lowest BCUT2D eigenvalue weighted by molar-refractivity contribution is -0.114. The molecule has 1 aromatic carbocycles. The summed E-state index contributed by atoms with van der Waals surface area (Å²) in [6.45, 7) is 5.36. The van der Waals surface area contributed by atoms with Crippen LogP contribution in [0, 0.1) is 5.92 Å². The minimum atomic E-state index is -2.05. The highest BCUT2D eigenvalue weighted by atomic mass is 16.5. The van der Waals surface area contributed by atoms with Crippen molar-refractivity contribution in [2.45, 2.75) is 46.3 Å². The Labute approximate surface area is 162 Å². The fourth-order valence-corrected chi connectivity index (χ4v) is 3.23. The Morgan fingerprint density at radius 3 is 2.93 bits per heavy atom. The molecule has 0 saturated carbocycles. The van der Waals surface area contributed by atoms with Gasteiger partial charge in [0.25, 0.3) is 0 Å². The molecule has 1 aliphatic rings. The molecule has 3 rings (SSSR count). The molecule has 1 amide bonds. The number of ether oxygens (including phenoxy) is 2. The molecular formula is C21H27N3O3. The zero-order valence-electron chi connectivity index (χ0n) is 18.1. The van der Waals surface area contributed by atoms with Gasteiger partial charge in [0.2, 0.25) is 5.91 Å². The molecule has 0 spiro atoms. The molecule has 6 heteroatoms. The van der Waals surface area contributed by atoms with Gasteiger partial charge >= 0.3 is 0 Å². The number of nitrogens with zero attached hydrogens (tertiary/aromatic N) is 1. The number of aromatic nitrogens is 1. The quantitative estimate of drug-likeness (QED) is 0.808. The van der Waals surface area contributed by atoms with Crippen LogP contribution in [-0.4, -0.2) is 23.0 Å². The van der Waals surface area contributed by atoms with E-state index in [1.54, 1.807) is 31.3 Å². The Morgan fingerprint density at radius 2 is 2.22 bits per heavy atom. The second-order valence-electron chi connectivity index (χ2n) is 7.57. The second kappa shape index (κ2) is 7.56. The zero-order valence-corrected chi connectivity index (χ0v) is 16.1. The summed E-state index contributed by atoms with van der Waals surface area (Å²) in [5.41, 5.74) is 7.71. The number of hydrogen-bond acceptors (Lipinski definition) is 5. The van der Waals surface area contributed by atoms with Crippen molar-refractivity contribution in [2.24, 2.45) is 11.7 Å². The van der Waals surface area contributed by atoms with E-state index in [-0.39, 0.29) is 11.8 Å². The molecule has 2 aromatic rings. The van der Waals surface area contributed by atoms with E-state index in [9.17, 15) is 4.79 Å². The van der Waals surface area contributed by atoms with E-state index in [0.717, 1.165) is 16.7 Å². The molecule has 27 heavy (non-hydrogen) atoms. The summed E-state index contributed by atoms with van der Waals surface area (Å²) in [5, 5.41) is 2.68. The normalized spacial score (nSPS) is 16.2. The van der Waals surface area contributed by atoms with Gasteiger partial charge in [-0.15, -0.1) is 0 Å². The van der Waals surface area contributed by atoms with Gasteiger partial charge in [0.05, 0.1) is 2.74 Å². The van der Waals surface area contributed by atoms with E-state index in [0.29, 0.717) is 30.3 Å². The standard InChI is InChI=1S/C21H27N3O3/c1-13(2)9-21(4,22)12-27-16-5-6-17-18-8-20(24-14(3)25)23-10-15(18)11-26-19(17)7-16/h5-8,10,13H,9,11-12,22H2,1-4H3,(H,23,24,25)/i12D2. The third-order valence-corrected chi connectivity index (χ3v) is 4.15. The number of nitrogens with two attached hydrogens (primary N) is 1. The highest BCUT2D eigenvalue weighted by Gasteiger charge is 2.23. The average molecular weight is 371 g/mol. The lowest BCUT2D eigenvalue weighted by Crippen LogP contribution is -2.43. The van der Waals surface area contributed by atoms with Crippen molar-refractivity contribution >= 4 is 11.7 Å². The predicted octanol–water partition coefficient (Wildman–Crippen LogP) is 3.74. The molecule has 1 atom stereocenters. The van der Waals surface area contributed by atoms with Crippen molar-refractivity contribution in [2.75, 3.05) is 11.9 Å². The van der Waals surface area contributed by atoms with E-state index < -0.39 is 12.1 Å². The number of carbonyl (C=O) groups excluding carboxylic acids is 1. The molecule has 0 aliphatic carbocycles.